The molecule has 2 fully saturated rings. The SMILES string of the molecule is Cl.Cl.NCC1(C(=O)NC2CCCN(c3ncccn3)C2)CCOCC1. The topological polar surface area (TPSA) is 93.4 Å². The summed E-state index contributed by atoms with van der Waals surface area (Å²) in [6.07, 6.45) is 6.89. The summed E-state index contributed by atoms with van der Waals surface area (Å²) in [5.41, 5.74) is 5.45. The number of halogens is 2. The molecule has 3 rings (SSSR count). The first kappa shape index (κ1) is 21.9. The first-order valence-electron chi connectivity index (χ1n) is 8.34. The van der Waals surface area contributed by atoms with Crippen molar-refractivity contribution in [3.05, 3.63) is 18.5 Å². The normalized spacial score (nSPS) is 22.3. The van der Waals surface area contributed by atoms with Crippen molar-refractivity contribution in [2.24, 2.45) is 11.1 Å². The van der Waals surface area contributed by atoms with Gasteiger partial charge in [-0.2, -0.15) is 0 Å². The average molecular weight is 392 g/mol. The summed E-state index contributed by atoms with van der Waals surface area (Å²) in [6.45, 7) is 3.26. The van der Waals surface area contributed by atoms with E-state index in [-0.39, 0.29) is 36.8 Å². The number of rotatable bonds is 4. The van der Waals surface area contributed by atoms with Gasteiger partial charge >= 0.3 is 0 Å². The summed E-state index contributed by atoms with van der Waals surface area (Å²) in [5, 5.41) is 3.21. The summed E-state index contributed by atoms with van der Waals surface area (Å²) in [4.78, 5) is 23.5. The fourth-order valence-electron chi connectivity index (χ4n) is 3.36. The Labute approximate surface area is 160 Å². The van der Waals surface area contributed by atoms with Gasteiger partial charge in [0.25, 0.3) is 0 Å². The number of ether oxygens (including phenoxy) is 1. The molecule has 7 nitrogen and oxygen atoms in total. The Morgan fingerprint density at radius 2 is 2.00 bits per heavy atom. The summed E-state index contributed by atoms with van der Waals surface area (Å²) < 4.78 is 5.38. The van der Waals surface area contributed by atoms with Crippen LogP contribution in [-0.4, -0.2) is 54.8 Å². The molecular weight excluding hydrogens is 365 g/mol. The van der Waals surface area contributed by atoms with E-state index in [0.29, 0.717) is 32.6 Å². The predicted octanol–water partition coefficient (Wildman–Crippen LogP) is 1.16. The molecular formula is C16H27Cl2N5O2. The molecule has 1 aromatic heterocycles. The monoisotopic (exact) mass is 391 g/mol. The van der Waals surface area contributed by atoms with Gasteiger partial charge in [0.15, 0.2) is 0 Å². The first-order valence-corrected chi connectivity index (χ1v) is 8.34. The summed E-state index contributed by atoms with van der Waals surface area (Å²) >= 11 is 0. The lowest BCUT2D eigenvalue weighted by molar-refractivity contribution is -0.136. The minimum Gasteiger partial charge on any atom is -0.381 e. The highest BCUT2D eigenvalue weighted by Gasteiger charge is 2.40. The number of nitrogens with two attached hydrogens (primary N) is 1. The van der Waals surface area contributed by atoms with Gasteiger partial charge in [0.1, 0.15) is 0 Å². The molecule has 1 aromatic rings. The molecule has 2 aliphatic rings. The number of nitrogens with zero attached hydrogens (tertiary/aromatic N) is 3. The number of hydrogen-bond acceptors (Lipinski definition) is 6. The van der Waals surface area contributed by atoms with Crippen LogP contribution in [-0.2, 0) is 9.53 Å². The van der Waals surface area contributed by atoms with Crippen molar-refractivity contribution in [3.8, 4) is 0 Å². The second-order valence-electron chi connectivity index (χ2n) is 6.40. The van der Waals surface area contributed by atoms with Gasteiger partial charge in [-0.15, -0.1) is 24.8 Å². The highest BCUT2D eigenvalue weighted by Crippen LogP contribution is 2.30. The van der Waals surface area contributed by atoms with Crippen molar-refractivity contribution in [3.63, 3.8) is 0 Å². The number of piperidine rings is 1. The van der Waals surface area contributed by atoms with Crippen molar-refractivity contribution in [2.45, 2.75) is 31.7 Å². The molecule has 3 N–H and O–H groups in total. The van der Waals surface area contributed by atoms with Crippen molar-refractivity contribution < 1.29 is 9.53 Å². The van der Waals surface area contributed by atoms with Crippen LogP contribution in [0.15, 0.2) is 18.5 Å². The molecule has 0 spiro atoms. The van der Waals surface area contributed by atoms with E-state index in [1.54, 1.807) is 12.4 Å². The Morgan fingerprint density at radius 3 is 2.64 bits per heavy atom. The Bertz CT molecular complexity index is 529. The van der Waals surface area contributed by atoms with E-state index in [0.717, 1.165) is 31.9 Å². The number of carbonyl (C=O) groups is 1. The molecule has 1 amide bonds. The highest BCUT2D eigenvalue weighted by molar-refractivity contribution is 5.85. The van der Waals surface area contributed by atoms with Gasteiger partial charge in [0.2, 0.25) is 11.9 Å². The second kappa shape index (κ2) is 10.1. The Morgan fingerprint density at radius 1 is 1.32 bits per heavy atom. The molecule has 0 saturated carbocycles. The lowest BCUT2D eigenvalue weighted by Gasteiger charge is -2.38. The number of nitrogens with one attached hydrogen (secondary N) is 1. The van der Waals surface area contributed by atoms with Crippen LogP contribution in [0, 0.1) is 5.41 Å². The average Bonchev–Trinajstić information content (AvgIpc) is 2.63. The third kappa shape index (κ3) is 5.17. The lowest BCUT2D eigenvalue weighted by Crippen LogP contribution is -2.55. The smallest absolute Gasteiger partial charge is 0.227 e. The van der Waals surface area contributed by atoms with Crippen molar-refractivity contribution in [2.75, 3.05) is 37.7 Å². The molecule has 0 aliphatic carbocycles. The van der Waals surface area contributed by atoms with Crippen LogP contribution in [0.2, 0.25) is 0 Å². The Hall–Kier alpha value is -1.15. The third-order valence-electron chi connectivity index (χ3n) is 4.91. The molecule has 2 aliphatic heterocycles. The van der Waals surface area contributed by atoms with E-state index in [4.69, 9.17) is 10.5 Å². The Kier molecular flexibility index (Phi) is 8.85. The van der Waals surface area contributed by atoms with E-state index in [2.05, 4.69) is 20.2 Å². The van der Waals surface area contributed by atoms with Crippen molar-refractivity contribution in [1.29, 1.82) is 0 Å². The summed E-state index contributed by atoms with van der Waals surface area (Å²) in [6, 6.07) is 1.93. The van der Waals surface area contributed by atoms with Gasteiger partial charge in [-0.05, 0) is 31.7 Å². The largest absolute Gasteiger partial charge is 0.381 e. The maximum absolute atomic E-state index is 12.8. The van der Waals surface area contributed by atoms with Gasteiger partial charge < -0.3 is 20.7 Å². The van der Waals surface area contributed by atoms with E-state index >= 15 is 0 Å². The van der Waals surface area contributed by atoms with Gasteiger partial charge in [-0.25, -0.2) is 9.97 Å². The fourth-order valence-corrected chi connectivity index (χ4v) is 3.36. The Balaban J connectivity index is 0.00000156. The fraction of sp³-hybridized carbons (Fsp3) is 0.688. The number of carbonyl (C=O) groups excluding carboxylic acids is 1. The van der Waals surface area contributed by atoms with Crippen LogP contribution in [0.5, 0.6) is 0 Å². The minimum absolute atomic E-state index is 0. The van der Waals surface area contributed by atoms with Crippen molar-refractivity contribution >= 4 is 36.7 Å². The zero-order valence-electron chi connectivity index (χ0n) is 14.2. The number of hydrogen-bond donors (Lipinski definition) is 2. The van der Waals surface area contributed by atoms with E-state index in [1.165, 1.54) is 0 Å². The van der Waals surface area contributed by atoms with E-state index in [9.17, 15) is 4.79 Å². The third-order valence-corrected chi connectivity index (χ3v) is 4.91. The minimum atomic E-state index is -0.468. The first-order chi connectivity index (χ1) is 11.2. The molecule has 0 aromatic carbocycles. The van der Waals surface area contributed by atoms with E-state index in [1.807, 2.05) is 6.07 Å². The molecule has 3 heterocycles. The van der Waals surface area contributed by atoms with Crippen LogP contribution >= 0.6 is 24.8 Å². The van der Waals surface area contributed by atoms with Crippen LogP contribution in [0.1, 0.15) is 25.7 Å². The standard InChI is InChI=1S/C16H25N5O2.2ClH/c17-12-16(4-9-23-10-5-16)14(22)20-13-3-1-8-21(11-13)15-18-6-2-7-19-15;;/h2,6-7,13H,1,3-5,8-12,17H2,(H,20,22);2*1H. The van der Waals surface area contributed by atoms with Crippen molar-refractivity contribution in [1.82, 2.24) is 15.3 Å². The van der Waals surface area contributed by atoms with Gasteiger partial charge in [-0.1, -0.05) is 0 Å². The molecule has 25 heavy (non-hydrogen) atoms. The van der Waals surface area contributed by atoms with Crippen LogP contribution < -0.4 is 16.0 Å². The van der Waals surface area contributed by atoms with Gasteiger partial charge in [0.05, 0.1) is 5.41 Å². The molecule has 0 bridgehead atoms. The van der Waals surface area contributed by atoms with Gasteiger partial charge in [0, 0.05) is 51.3 Å². The van der Waals surface area contributed by atoms with E-state index < -0.39 is 5.41 Å². The quantitative estimate of drug-likeness (QED) is 0.799. The zero-order valence-corrected chi connectivity index (χ0v) is 15.9. The maximum Gasteiger partial charge on any atom is 0.227 e. The zero-order chi connectivity index (χ0) is 16.1. The number of aromatic nitrogens is 2. The maximum atomic E-state index is 12.8. The molecule has 0 radical (unpaired) electrons. The molecule has 142 valence electrons. The predicted molar refractivity (Wildman–Crippen MR) is 101 cm³/mol. The molecule has 1 atom stereocenters. The molecule has 2 saturated heterocycles. The van der Waals surface area contributed by atoms with Gasteiger partial charge in [-0.3, -0.25) is 4.79 Å². The van der Waals surface area contributed by atoms with Crippen LogP contribution in [0.3, 0.4) is 0 Å². The number of amides is 1. The lowest BCUT2D eigenvalue weighted by atomic mass is 9.79. The second-order valence-corrected chi connectivity index (χ2v) is 6.40. The molecule has 9 heteroatoms. The van der Waals surface area contributed by atoms with Crippen LogP contribution in [0.4, 0.5) is 5.95 Å². The number of anilines is 1. The molecule has 1 unspecified atom stereocenters. The highest BCUT2D eigenvalue weighted by atomic mass is 35.5. The summed E-state index contributed by atoms with van der Waals surface area (Å²) in [5.74, 6) is 0.801. The summed E-state index contributed by atoms with van der Waals surface area (Å²) in [7, 11) is 0. The van der Waals surface area contributed by atoms with Crippen LogP contribution in [0.25, 0.3) is 0 Å².